The van der Waals surface area contributed by atoms with Gasteiger partial charge in [-0.3, -0.25) is 0 Å². The summed E-state index contributed by atoms with van der Waals surface area (Å²) >= 11 is 6.00. The molecule has 2 rings (SSSR count). The smallest absolute Gasteiger partial charge is 0.0591 e. The molecule has 94 valence electrons. The van der Waals surface area contributed by atoms with Gasteiger partial charge in [-0.15, -0.1) is 0 Å². The molecule has 0 aliphatic heterocycles. The molecule has 0 aromatic heterocycles. The lowest BCUT2D eigenvalue weighted by molar-refractivity contribution is 0.392. The van der Waals surface area contributed by atoms with Gasteiger partial charge >= 0.3 is 0 Å². The van der Waals surface area contributed by atoms with Crippen molar-refractivity contribution in [2.45, 2.75) is 39.2 Å². The molecule has 0 radical (unpaired) electrons. The minimum absolute atomic E-state index is 0.528. The molecule has 0 bridgehead atoms. The maximum absolute atomic E-state index is 6.00. The van der Waals surface area contributed by atoms with Crippen LogP contribution in [0.3, 0.4) is 0 Å². The summed E-state index contributed by atoms with van der Waals surface area (Å²) in [6.07, 6.45) is 3.81. The molecule has 3 unspecified atom stereocenters. The molecule has 0 amide bonds. The molecule has 0 saturated heterocycles. The summed E-state index contributed by atoms with van der Waals surface area (Å²) < 4.78 is 0. The molecule has 1 saturated carbocycles. The molecular weight excluding hydrogens is 232 g/mol. The van der Waals surface area contributed by atoms with Crippen molar-refractivity contribution in [2.24, 2.45) is 11.8 Å². The second-order valence-electron chi connectivity index (χ2n) is 5.09. The van der Waals surface area contributed by atoms with Crippen LogP contribution in [-0.2, 0) is 0 Å². The molecule has 1 aromatic rings. The molecule has 3 N–H and O–H groups in total. The molecule has 1 fully saturated rings. The molecule has 3 heteroatoms. The van der Waals surface area contributed by atoms with E-state index in [9.17, 15) is 0 Å². The molecule has 0 heterocycles. The quantitative estimate of drug-likeness (QED) is 0.793. The maximum atomic E-state index is 6.00. The number of nitrogens with two attached hydrogens (primary N) is 1. The molecule has 1 aliphatic rings. The molecular formula is C14H21ClN2. The molecule has 2 nitrogen and oxygen atoms in total. The molecule has 1 aliphatic carbocycles. The average Bonchev–Trinajstić information content (AvgIpc) is 2.65. The van der Waals surface area contributed by atoms with Crippen molar-refractivity contribution in [1.29, 1.82) is 0 Å². The predicted molar refractivity (Wildman–Crippen MR) is 75.5 cm³/mol. The Balaban J connectivity index is 2.09. The van der Waals surface area contributed by atoms with Crippen molar-refractivity contribution < 1.29 is 0 Å². The van der Waals surface area contributed by atoms with E-state index in [1.165, 1.54) is 19.3 Å². The van der Waals surface area contributed by atoms with E-state index < -0.39 is 0 Å². The number of benzene rings is 1. The van der Waals surface area contributed by atoms with Gasteiger partial charge in [0.2, 0.25) is 0 Å². The summed E-state index contributed by atoms with van der Waals surface area (Å²) in [6.45, 7) is 4.61. The lowest BCUT2D eigenvalue weighted by Gasteiger charge is -2.23. The molecule has 0 spiro atoms. The molecule has 3 atom stereocenters. The second-order valence-corrected chi connectivity index (χ2v) is 5.52. The van der Waals surface area contributed by atoms with Crippen molar-refractivity contribution in [3.8, 4) is 0 Å². The number of nitrogens with one attached hydrogen (secondary N) is 1. The van der Waals surface area contributed by atoms with Gasteiger partial charge < -0.3 is 11.1 Å². The third-order valence-electron chi connectivity index (χ3n) is 4.11. The van der Waals surface area contributed by atoms with Gasteiger partial charge in [0.1, 0.15) is 0 Å². The lowest BCUT2D eigenvalue weighted by Crippen LogP contribution is -2.25. The SMILES string of the molecule is CCC1CCC(Nc2cc(Cl)ccc2N)C1C. The van der Waals surface area contributed by atoms with Crippen LogP contribution >= 0.6 is 11.6 Å². The van der Waals surface area contributed by atoms with Crippen molar-refractivity contribution in [1.82, 2.24) is 0 Å². The Morgan fingerprint density at radius 2 is 2.18 bits per heavy atom. The Labute approximate surface area is 109 Å². The van der Waals surface area contributed by atoms with E-state index in [2.05, 4.69) is 19.2 Å². The van der Waals surface area contributed by atoms with Crippen LogP contribution < -0.4 is 11.1 Å². The van der Waals surface area contributed by atoms with Crippen LogP contribution in [0, 0.1) is 11.8 Å². The normalized spacial score (nSPS) is 28.3. The standard InChI is InChI=1S/C14H21ClN2/c1-3-10-4-7-13(9(10)2)17-14-8-11(15)5-6-12(14)16/h5-6,8-10,13,17H,3-4,7,16H2,1-2H3. The van der Waals surface area contributed by atoms with Crippen LogP contribution in [0.2, 0.25) is 5.02 Å². The molecule has 17 heavy (non-hydrogen) atoms. The van der Waals surface area contributed by atoms with Crippen molar-refractivity contribution in [3.05, 3.63) is 23.2 Å². The fourth-order valence-corrected chi connectivity index (χ4v) is 3.05. The number of hydrogen-bond acceptors (Lipinski definition) is 2. The van der Waals surface area contributed by atoms with Crippen LogP contribution in [0.5, 0.6) is 0 Å². The van der Waals surface area contributed by atoms with Crippen molar-refractivity contribution >= 4 is 23.0 Å². The van der Waals surface area contributed by atoms with Crippen molar-refractivity contribution in [2.75, 3.05) is 11.1 Å². The first-order valence-electron chi connectivity index (χ1n) is 6.43. The Kier molecular flexibility index (Phi) is 3.82. The Bertz CT molecular complexity index is 392. The van der Waals surface area contributed by atoms with E-state index in [0.717, 1.165) is 22.3 Å². The first-order chi connectivity index (χ1) is 8.11. The summed E-state index contributed by atoms with van der Waals surface area (Å²) in [6, 6.07) is 6.14. The Morgan fingerprint density at radius 3 is 2.82 bits per heavy atom. The number of nitrogen functional groups attached to an aromatic ring is 1. The van der Waals surface area contributed by atoms with Crippen LogP contribution in [0.15, 0.2) is 18.2 Å². The van der Waals surface area contributed by atoms with Crippen LogP contribution in [0.4, 0.5) is 11.4 Å². The summed E-state index contributed by atoms with van der Waals surface area (Å²) in [5, 5.41) is 4.29. The van der Waals surface area contributed by atoms with E-state index in [0.29, 0.717) is 12.0 Å². The highest BCUT2D eigenvalue weighted by Gasteiger charge is 2.31. The number of halogens is 1. The van der Waals surface area contributed by atoms with Gasteiger partial charge in [-0.25, -0.2) is 0 Å². The van der Waals surface area contributed by atoms with Gasteiger partial charge in [0, 0.05) is 11.1 Å². The topological polar surface area (TPSA) is 38.0 Å². The minimum Gasteiger partial charge on any atom is -0.397 e. The zero-order valence-electron chi connectivity index (χ0n) is 10.5. The largest absolute Gasteiger partial charge is 0.397 e. The maximum Gasteiger partial charge on any atom is 0.0591 e. The van der Waals surface area contributed by atoms with Crippen LogP contribution in [0.1, 0.15) is 33.1 Å². The summed E-state index contributed by atoms with van der Waals surface area (Å²) in [5.74, 6) is 1.55. The molecule has 1 aromatic carbocycles. The highest BCUT2D eigenvalue weighted by atomic mass is 35.5. The summed E-state index contributed by atoms with van der Waals surface area (Å²) in [4.78, 5) is 0. The van der Waals surface area contributed by atoms with E-state index in [4.69, 9.17) is 17.3 Å². The number of hydrogen-bond donors (Lipinski definition) is 2. The predicted octanol–water partition coefficient (Wildman–Crippen LogP) is 4.16. The first-order valence-corrected chi connectivity index (χ1v) is 6.81. The van der Waals surface area contributed by atoms with E-state index in [1.807, 2.05) is 18.2 Å². The average molecular weight is 253 g/mol. The fraction of sp³-hybridized carbons (Fsp3) is 0.571. The van der Waals surface area contributed by atoms with Gasteiger partial charge in [0.15, 0.2) is 0 Å². The van der Waals surface area contributed by atoms with Gasteiger partial charge in [0.05, 0.1) is 11.4 Å². The number of anilines is 2. The fourth-order valence-electron chi connectivity index (χ4n) is 2.88. The van der Waals surface area contributed by atoms with E-state index >= 15 is 0 Å². The summed E-state index contributed by atoms with van der Waals surface area (Å²) in [7, 11) is 0. The number of rotatable bonds is 3. The van der Waals surface area contributed by atoms with Crippen LogP contribution in [-0.4, -0.2) is 6.04 Å². The van der Waals surface area contributed by atoms with Crippen LogP contribution in [0.25, 0.3) is 0 Å². The monoisotopic (exact) mass is 252 g/mol. The van der Waals surface area contributed by atoms with Crippen molar-refractivity contribution in [3.63, 3.8) is 0 Å². The Hall–Kier alpha value is -0.890. The zero-order valence-corrected chi connectivity index (χ0v) is 11.3. The van der Waals surface area contributed by atoms with Gasteiger partial charge in [0.25, 0.3) is 0 Å². The van der Waals surface area contributed by atoms with E-state index in [1.54, 1.807) is 0 Å². The van der Waals surface area contributed by atoms with Gasteiger partial charge in [-0.2, -0.15) is 0 Å². The highest BCUT2D eigenvalue weighted by Crippen LogP contribution is 2.36. The van der Waals surface area contributed by atoms with E-state index in [-0.39, 0.29) is 0 Å². The Morgan fingerprint density at radius 1 is 1.41 bits per heavy atom. The van der Waals surface area contributed by atoms with Gasteiger partial charge in [-0.1, -0.05) is 31.9 Å². The van der Waals surface area contributed by atoms with Gasteiger partial charge in [-0.05, 0) is 42.9 Å². The third-order valence-corrected chi connectivity index (χ3v) is 4.34. The third kappa shape index (κ3) is 2.68. The summed E-state index contributed by atoms with van der Waals surface area (Å²) in [5.41, 5.74) is 7.72. The first kappa shape index (κ1) is 12.6. The second kappa shape index (κ2) is 5.18. The minimum atomic E-state index is 0.528. The zero-order chi connectivity index (χ0) is 12.4. The lowest BCUT2D eigenvalue weighted by atomic mass is 9.93. The highest BCUT2D eigenvalue weighted by molar-refractivity contribution is 6.31.